The number of rotatable bonds is 2. The van der Waals surface area contributed by atoms with Crippen molar-refractivity contribution in [3.05, 3.63) is 41.6 Å². The molecule has 0 atom stereocenters. The van der Waals surface area contributed by atoms with E-state index in [1.165, 1.54) is 12.1 Å². The number of nitrogens with one attached hydrogen (secondary N) is 1. The average molecular weight is 255 g/mol. The highest BCUT2D eigenvalue weighted by atomic mass is 19.1. The molecule has 0 spiro atoms. The molecule has 3 nitrogen and oxygen atoms in total. The van der Waals surface area contributed by atoms with Crippen molar-refractivity contribution in [2.45, 2.75) is 31.6 Å². The van der Waals surface area contributed by atoms with E-state index in [1.54, 1.807) is 6.07 Å². The van der Waals surface area contributed by atoms with Crippen LogP contribution < -0.4 is 0 Å². The second-order valence-electron chi connectivity index (χ2n) is 5.12. The number of aromatic nitrogens is 2. The summed E-state index contributed by atoms with van der Waals surface area (Å²) in [6, 6.07) is 8.74. The van der Waals surface area contributed by atoms with Gasteiger partial charge in [0.25, 0.3) is 0 Å². The Labute approximate surface area is 111 Å². The first kappa shape index (κ1) is 11.9. The van der Waals surface area contributed by atoms with Gasteiger partial charge in [-0.2, -0.15) is 5.26 Å². The Balaban J connectivity index is 2.05. The Hall–Kier alpha value is -2.15. The smallest absolute Gasteiger partial charge is 0.127 e. The number of halogens is 1. The fourth-order valence-corrected chi connectivity index (χ4v) is 2.54. The van der Waals surface area contributed by atoms with Crippen LogP contribution >= 0.6 is 0 Å². The highest BCUT2D eigenvalue weighted by Gasteiger charge is 2.42. The van der Waals surface area contributed by atoms with E-state index >= 15 is 0 Å². The van der Waals surface area contributed by atoms with Gasteiger partial charge in [0.1, 0.15) is 17.1 Å². The van der Waals surface area contributed by atoms with Gasteiger partial charge in [-0.05, 0) is 38.3 Å². The van der Waals surface area contributed by atoms with Crippen molar-refractivity contribution >= 4 is 0 Å². The molecule has 96 valence electrons. The van der Waals surface area contributed by atoms with Crippen molar-refractivity contribution in [1.29, 1.82) is 5.26 Å². The van der Waals surface area contributed by atoms with Crippen molar-refractivity contribution in [3.8, 4) is 17.3 Å². The lowest BCUT2D eigenvalue weighted by molar-refractivity contribution is 0.309. The maximum absolute atomic E-state index is 13.3. The summed E-state index contributed by atoms with van der Waals surface area (Å²) in [5.74, 6) is 0.443. The number of aryl methyl sites for hydroxylation is 1. The van der Waals surface area contributed by atoms with Crippen LogP contribution in [0.5, 0.6) is 0 Å². The molecule has 0 radical (unpaired) electrons. The van der Waals surface area contributed by atoms with Crippen LogP contribution in [-0.2, 0) is 5.41 Å². The maximum Gasteiger partial charge on any atom is 0.127 e. The first-order chi connectivity index (χ1) is 9.14. The Morgan fingerprint density at radius 3 is 2.79 bits per heavy atom. The number of imidazole rings is 1. The molecule has 1 aliphatic rings. The van der Waals surface area contributed by atoms with Gasteiger partial charge < -0.3 is 4.98 Å². The summed E-state index contributed by atoms with van der Waals surface area (Å²) < 4.78 is 13.3. The number of aromatic amines is 1. The van der Waals surface area contributed by atoms with Gasteiger partial charge in [0.2, 0.25) is 0 Å². The van der Waals surface area contributed by atoms with Crippen molar-refractivity contribution in [1.82, 2.24) is 9.97 Å². The summed E-state index contributed by atoms with van der Waals surface area (Å²) in [6.07, 6.45) is 2.75. The first-order valence-corrected chi connectivity index (χ1v) is 6.39. The van der Waals surface area contributed by atoms with Crippen LogP contribution in [0.4, 0.5) is 4.39 Å². The molecule has 0 amide bonds. The van der Waals surface area contributed by atoms with Gasteiger partial charge in [0.15, 0.2) is 0 Å². The molecule has 4 heteroatoms. The molecule has 1 heterocycles. The molecule has 1 aromatic carbocycles. The summed E-state index contributed by atoms with van der Waals surface area (Å²) in [5.41, 5.74) is 1.89. The quantitative estimate of drug-likeness (QED) is 0.893. The Bertz CT molecular complexity index is 662. The minimum Gasteiger partial charge on any atom is -0.344 e. The van der Waals surface area contributed by atoms with Gasteiger partial charge in [-0.15, -0.1) is 0 Å². The lowest BCUT2D eigenvalue weighted by atomic mass is 9.69. The zero-order valence-electron chi connectivity index (χ0n) is 10.7. The van der Waals surface area contributed by atoms with Crippen molar-refractivity contribution in [2.24, 2.45) is 0 Å². The normalized spacial score (nSPS) is 16.7. The Morgan fingerprint density at radius 2 is 2.21 bits per heavy atom. The number of nitriles is 1. The third kappa shape index (κ3) is 1.82. The average Bonchev–Trinajstić information content (AvgIpc) is 2.71. The number of nitrogens with zero attached hydrogens (tertiary/aromatic N) is 2. The Kier molecular flexibility index (Phi) is 2.63. The van der Waals surface area contributed by atoms with Gasteiger partial charge >= 0.3 is 0 Å². The summed E-state index contributed by atoms with van der Waals surface area (Å²) in [7, 11) is 0. The van der Waals surface area contributed by atoms with Crippen molar-refractivity contribution in [2.75, 3.05) is 0 Å². The molecular weight excluding hydrogens is 241 g/mol. The number of hydrogen-bond donors (Lipinski definition) is 1. The maximum atomic E-state index is 13.3. The van der Waals surface area contributed by atoms with E-state index in [4.69, 9.17) is 0 Å². The summed E-state index contributed by atoms with van der Waals surface area (Å²) in [6.45, 7) is 1.90. The van der Waals surface area contributed by atoms with Crippen LogP contribution in [0.1, 0.15) is 30.8 Å². The van der Waals surface area contributed by atoms with E-state index in [-0.39, 0.29) is 5.82 Å². The van der Waals surface area contributed by atoms with Crippen LogP contribution in [0.25, 0.3) is 11.3 Å². The highest BCUT2D eigenvalue weighted by Crippen LogP contribution is 2.42. The molecular formula is C15H14FN3. The predicted molar refractivity (Wildman–Crippen MR) is 69.9 cm³/mol. The van der Waals surface area contributed by atoms with E-state index in [2.05, 4.69) is 16.0 Å². The van der Waals surface area contributed by atoms with Crippen molar-refractivity contribution < 1.29 is 4.39 Å². The summed E-state index contributed by atoms with van der Waals surface area (Å²) in [4.78, 5) is 7.74. The summed E-state index contributed by atoms with van der Waals surface area (Å²) >= 11 is 0. The monoisotopic (exact) mass is 255 g/mol. The van der Waals surface area contributed by atoms with Crippen LogP contribution in [0.2, 0.25) is 0 Å². The molecule has 19 heavy (non-hydrogen) atoms. The van der Waals surface area contributed by atoms with E-state index in [0.29, 0.717) is 0 Å². The van der Waals surface area contributed by atoms with Crippen LogP contribution in [-0.4, -0.2) is 9.97 Å². The molecule has 0 bridgehead atoms. The van der Waals surface area contributed by atoms with Crippen LogP contribution in [0.15, 0.2) is 24.3 Å². The van der Waals surface area contributed by atoms with E-state index in [9.17, 15) is 9.65 Å². The molecule has 2 aromatic rings. The van der Waals surface area contributed by atoms with Gasteiger partial charge in [0, 0.05) is 11.3 Å². The van der Waals surface area contributed by atoms with E-state index < -0.39 is 5.41 Å². The van der Waals surface area contributed by atoms with E-state index in [0.717, 1.165) is 42.0 Å². The third-order valence-corrected chi connectivity index (χ3v) is 3.86. The minimum atomic E-state index is -0.462. The van der Waals surface area contributed by atoms with Gasteiger partial charge in [-0.3, -0.25) is 0 Å². The molecule has 1 saturated carbocycles. The minimum absolute atomic E-state index is 0.278. The first-order valence-electron chi connectivity index (χ1n) is 6.39. The largest absolute Gasteiger partial charge is 0.344 e. The van der Waals surface area contributed by atoms with E-state index in [1.807, 2.05) is 13.0 Å². The topological polar surface area (TPSA) is 52.5 Å². The second kappa shape index (κ2) is 4.20. The molecule has 1 fully saturated rings. The van der Waals surface area contributed by atoms with Crippen molar-refractivity contribution in [3.63, 3.8) is 0 Å². The number of benzene rings is 1. The standard InChI is InChI=1S/C15H14FN3/c1-10-13(11-4-2-5-12(16)8-11)19-14(18-10)15(9-17)6-3-7-15/h2,4-5,8H,3,6-7H2,1H3,(H,18,19). The Morgan fingerprint density at radius 1 is 1.42 bits per heavy atom. The zero-order chi connectivity index (χ0) is 13.5. The number of hydrogen-bond acceptors (Lipinski definition) is 2. The second-order valence-corrected chi connectivity index (χ2v) is 5.12. The molecule has 1 aromatic heterocycles. The van der Waals surface area contributed by atoms with Gasteiger partial charge in [-0.1, -0.05) is 12.1 Å². The molecule has 3 rings (SSSR count). The highest BCUT2D eigenvalue weighted by molar-refractivity contribution is 5.62. The van der Waals surface area contributed by atoms with Crippen LogP contribution in [0.3, 0.4) is 0 Å². The zero-order valence-corrected chi connectivity index (χ0v) is 10.7. The predicted octanol–water partition coefficient (Wildman–Crippen LogP) is 3.47. The van der Waals surface area contributed by atoms with Gasteiger partial charge in [0.05, 0.1) is 11.8 Å². The fourth-order valence-electron chi connectivity index (χ4n) is 2.54. The molecule has 1 aliphatic carbocycles. The molecule has 0 aliphatic heterocycles. The number of H-pyrrole nitrogens is 1. The lowest BCUT2D eigenvalue weighted by Crippen LogP contribution is -2.33. The van der Waals surface area contributed by atoms with Gasteiger partial charge in [-0.25, -0.2) is 9.37 Å². The fraction of sp³-hybridized carbons (Fsp3) is 0.333. The third-order valence-electron chi connectivity index (χ3n) is 3.86. The SMILES string of the molecule is Cc1[nH]c(C2(C#N)CCC2)nc1-c1cccc(F)c1. The van der Waals surface area contributed by atoms with Crippen LogP contribution in [0, 0.1) is 24.1 Å². The summed E-state index contributed by atoms with van der Waals surface area (Å²) in [5, 5.41) is 9.33. The lowest BCUT2D eigenvalue weighted by Gasteiger charge is -2.32. The molecule has 0 saturated heterocycles. The molecule has 0 unspecified atom stereocenters. The molecule has 1 N–H and O–H groups in total.